The number of halogens is 3. The van der Waals surface area contributed by atoms with E-state index in [1.54, 1.807) is 0 Å². The molecule has 1 aromatic rings. The van der Waals surface area contributed by atoms with Crippen molar-refractivity contribution in [2.45, 2.75) is 0 Å². The molecule has 0 aliphatic carbocycles. The molecule has 9 heavy (non-hydrogen) atoms. The molecule has 48 valence electrons. The van der Waals surface area contributed by atoms with Crippen molar-refractivity contribution in [2.24, 2.45) is 0 Å². The second kappa shape index (κ2) is 2.86. The molecule has 0 N–H and O–H groups in total. The molecule has 0 bridgehead atoms. The first kappa shape index (κ1) is 4.94. The predicted molar refractivity (Wildman–Crippen MR) is 42.0 cm³/mol. The fraction of sp³-hybridized carbons (Fsp3) is 0. The lowest BCUT2D eigenvalue weighted by Crippen LogP contribution is -1.75. The summed E-state index contributed by atoms with van der Waals surface area (Å²) in [5.74, 6) is 0. The zero-order valence-corrected chi connectivity index (χ0v) is 7.18. The van der Waals surface area contributed by atoms with E-state index in [2.05, 4.69) is 20.9 Å². The smallest absolute Gasteiger partial charge is 0.144 e. The maximum atomic E-state index is 7.21. The number of hydrogen-bond acceptors (Lipinski definition) is 1. The van der Waals surface area contributed by atoms with E-state index in [0.717, 1.165) is 0 Å². The molecule has 0 amide bonds. The molecule has 1 nitrogen and oxygen atoms in total. The van der Waals surface area contributed by atoms with Crippen molar-refractivity contribution in [3.05, 3.63) is 26.9 Å². The van der Waals surface area contributed by atoms with Crippen LogP contribution < -0.4 is 0 Å². The van der Waals surface area contributed by atoms with E-state index in [4.69, 9.17) is 25.9 Å². The number of nitrogens with zero attached hydrogens (tertiary/aromatic N) is 1. The normalized spacial score (nSPS) is 12.8. The maximum Gasteiger partial charge on any atom is 0.144 e. The van der Waals surface area contributed by atoms with Crippen LogP contribution in [0.4, 0.5) is 0 Å². The van der Waals surface area contributed by atoms with Crippen LogP contribution in [0.3, 0.4) is 0 Å². The van der Waals surface area contributed by atoms with E-state index in [-0.39, 0.29) is 22.4 Å². The van der Waals surface area contributed by atoms with Crippen LogP contribution in [0.1, 0.15) is 2.74 Å². The van der Waals surface area contributed by atoms with Crippen LogP contribution in [-0.2, 0) is 0 Å². The van der Waals surface area contributed by atoms with Crippen molar-refractivity contribution in [1.29, 1.82) is 0 Å². The predicted octanol–water partition coefficient (Wildman–Crippen LogP) is 3.15. The highest BCUT2D eigenvalue weighted by Crippen LogP contribution is 2.27. The van der Waals surface area contributed by atoms with Gasteiger partial charge in [0.1, 0.15) is 5.15 Å². The van der Waals surface area contributed by atoms with E-state index < -0.39 is 0 Å². The first-order valence-electron chi connectivity index (χ1n) is 3.01. The van der Waals surface area contributed by atoms with Crippen LogP contribution in [0.5, 0.6) is 0 Å². The van der Waals surface area contributed by atoms with Gasteiger partial charge in [-0.25, -0.2) is 4.98 Å². The van der Waals surface area contributed by atoms with Gasteiger partial charge in [0.05, 0.1) is 12.2 Å². The van der Waals surface area contributed by atoms with Crippen molar-refractivity contribution in [3.8, 4) is 0 Å². The van der Waals surface area contributed by atoms with Gasteiger partial charge in [0.15, 0.2) is 0 Å². The van der Waals surface area contributed by atoms with E-state index in [1.807, 2.05) is 0 Å². The molecule has 1 rings (SSSR count). The van der Waals surface area contributed by atoms with Crippen LogP contribution in [0.2, 0.25) is 10.2 Å². The molecule has 1 aromatic heterocycles. The highest BCUT2D eigenvalue weighted by molar-refractivity contribution is 9.10. The van der Waals surface area contributed by atoms with Gasteiger partial charge < -0.3 is 0 Å². The van der Waals surface area contributed by atoms with Gasteiger partial charge in [0.2, 0.25) is 0 Å². The van der Waals surface area contributed by atoms with Gasteiger partial charge in [-0.2, -0.15) is 0 Å². The molecular formula is C5H2BrCl2N. The molecular weight excluding hydrogens is 225 g/mol. The van der Waals surface area contributed by atoms with E-state index in [0.29, 0.717) is 4.47 Å². The molecule has 0 spiro atoms. The fourth-order valence-corrected chi connectivity index (χ4v) is 0.825. The minimum atomic E-state index is -0.219. The Morgan fingerprint density at radius 2 is 2.33 bits per heavy atom. The monoisotopic (exact) mass is 227 g/mol. The quantitative estimate of drug-likeness (QED) is 0.622. The molecule has 0 radical (unpaired) electrons. The number of aromatic nitrogens is 1. The molecule has 1 heterocycles. The molecule has 0 aliphatic heterocycles. The number of rotatable bonds is 0. The summed E-state index contributed by atoms with van der Waals surface area (Å²) in [5.41, 5.74) is 0. The number of pyridine rings is 1. The van der Waals surface area contributed by atoms with Crippen molar-refractivity contribution in [1.82, 2.24) is 4.98 Å². The summed E-state index contributed by atoms with van der Waals surface area (Å²) in [4.78, 5) is 3.55. The van der Waals surface area contributed by atoms with E-state index in [1.165, 1.54) is 0 Å². The minimum Gasteiger partial charge on any atom is -0.243 e. The molecule has 0 unspecified atom stereocenters. The van der Waals surface area contributed by atoms with E-state index >= 15 is 0 Å². The zero-order chi connectivity index (χ0) is 8.59. The molecule has 4 heteroatoms. The first-order valence-corrected chi connectivity index (χ1v) is 3.56. The summed E-state index contributed by atoms with van der Waals surface area (Å²) in [6, 6.07) is -0.122. The lowest BCUT2D eigenvalue weighted by atomic mass is 10.5. The Kier molecular flexibility index (Phi) is 1.57. The molecule has 0 saturated carbocycles. The van der Waals surface area contributed by atoms with Gasteiger partial charge in [-0.15, -0.1) is 0 Å². The third-order valence-electron chi connectivity index (χ3n) is 0.694. The Hall–Kier alpha value is 0.210. The molecule has 0 fully saturated rings. The van der Waals surface area contributed by atoms with Gasteiger partial charge in [-0.1, -0.05) is 23.2 Å². The van der Waals surface area contributed by atoms with Crippen LogP contribution in [0.15, 0.2) is 16.7 Å². The lowest BCUT2D eigenvalue weighted by Gasteiger charge is -1.93. The molecule has 0 aromatic carbocycles. The SMILES string of the molecule is [2H]c1nc(Cl)c(Br)c(Cl)c1[2H]. The first-order chi connectivity index (χ1) is 5.04. The summed E-state index contributed by atoms with van der Waals surface area (Å²) in [7, 11) is 0. The van der Waals surface area contributed by atoms with Crippen LogP contribution in [0.25, 0.3) is 0 Å². The van der Waals surface area contributed by atoms with Crippen LogP contribution in [-0.4, -0.2) is 4.98 Å². The molecule has 0 saturated heterocycles. The van der Waals surface area contributed by atoms with Gasteiger partial charge in [0.25, 0.3) is 0 Å². The lowest BCUT2D eigenvalue weighted by molar-refractivity contribution is 1.31. The second-order valence-electron chi connectivity index (χ2n) is 1.27. The highest BCUT2D eigenvalue weighted by Gasteiger charge is 1.99. The third-order valence-corrected chi connectivity index (χ3v) is 2.48. The Morgan fingerprint density at radius 1 is 1.67 bits per heavy atom. The Balaban J connectivity index is 3.46. The largest absolute Gasteiger partial charge is 0.243 e. The minimum absolute atomic E-state index is 0.107. The summed E-state index contributed by atoms with van der Waals surface area (Å²) in [6.07, 6.45) is -0.219. The van der Waals surface area contributed by atoms with E-state index in [9.17, 15) is 0 Å². The van der Waals surface area contributed by atoms with Crippen LogP contribution in [0, 0.1) is 0 Å². The highest BCUT2D eigenvalue weighted by atomic mass is 79.9. The fourth-order valence-electron chi connectivity index (χ4n) is 0.321. The summed E-state index contributed by atoms with van der Waals surface area (Å²) in [5, 5.41) is 0.228. The molecule has 0 aliphatic rings. The van der Waals surface area contributed by atoms with Gasteiger partial charge in [-0.05, 0) is 22.0 Å². The van der Waals surface area contributed by atoms with Crippen molar-refractivity contribution in [3.63, 3.8) is 0 Å². The van der Waals surface area contributed by atoms with Crippen molar-refractivity contribution >= 4 is 39.1 Å². The second-order valence-corrected chi connectivity index (χ2v) is 2.80. The van der Waals surface area contributed by atoms with Crippen molar-refractivity contribution < 1.29 is 2.74 Å². The topological polar surface area (TPSA) is 12.9 Å². The standard InChI is InChI=1S/C5H2BrCl2N/c6-4-3(7)1-2-9-5(4)8/h1-2H/i1D,2D. The maximum absolute atomic E-state index is 7.21. The summed E-state index contributed by atoms with van der Waals surface area (Å²) < 4.78 is 14.7. The number of hydrogen-bond donors (Lipinski definition) is 0. The average molecular weight is 229 g/mol. The van der Waals surface area contributed by atoms with Crippen LogP contribution >= 0.6 is 39.1 Å². The van der Waals surface area contributed by atoms with Gasteiger partial charge in [-0.3, -0.25) is 0 Å². The average Bonchev–Trinajstić information content (AvgIpc) is 1.97. The summed E-state index contributed by atoms with van der Waals surface area (Å²) >= 11 is 14.2. The zero-order valence-electron chi connectivity index (χ0n) is 6.08. The molecule has 0 atom stereocenters. The Morgan fingerprint density at radius 3 is 3.00 bits per heavy atom. The Bertz CT molecular complexity index is 279. The summed E-state index contributed by atoms with van der Waals surface area (Å²) in [6.45, 7) is 0. The van der Waals surface area contributed by atoms with Crippen molar-refractivity contribution in [2.75, 3.05) is 0 Å². The van der Waals surface area contributed by atoms with Gasteiger partial charge >= 0.3 is 0 Å². The van der Waals surface area contributed by atoms with Gasteiger partial charge in [0, 0.05) is 6.17 Å². The Labute approximate surface area is 73.9 Å². The third kappa shape index (κ3) is 1.57.